The maximum atomic E-state index is 5.07. The monoisotopic (exact) mass is 272 g/mol. The van der Waals surface area contributed by atoms with Gasteiger partial charge in [-0.1, -0.05) is 23.8 Å². The predicted octanol–water partition coefficient (Wildman–Crippen LogP) is 3.34. The summed E-state index contributed by atoms with van der Waals surface area (Å²) >= 11 is 0. The highest BCUT2D eigenvalue weighted by Gasteiger charge is 2.07. The Labute approximate surface area is 121 Å². The lowest BCUT2D eigenvalue weighted by Crippen LogP contribution is -2.20. The highest BCUT2D eigenvalue weighted by atomic mass is 16.5. The Bertz CT molecular complexity index is 571. The van der Waals surface area contributed by atoms with Crippen molar-refractivity contribution in [2.75, 3.05) is 20.3 Å². The van der Waals surface area contributed by atoms with E-state index in [-0.39, 0.29) is 0 Å². The van der Waals surface area contributed by atoms with Gasteiger partial charge in [0.2, 0.25) is 0 Å². The first-order valence-electron chi connectivity index (χ1n) is 7.13. The van der Waals surface area contributed by atoms with Crippen molar-refractivity contribution in [2.45, 2.75) is 26.4 Å². The number of methoxy groups -OCH3 is 1. The maximum absolute atomic E-state index is 5.07. The van der Waals surface area contributed by atoms with Crippen LogP contribution >= 0.6 is 0 Å². The molecular formula is C17H24N2O. The number of hydrogen-bond donors (Lipinski definition) is 1. The average molecular weight is 272 g/mol. The van der Waals surface area contributed by atoms with Gasteiger partial charge < -0.3 is 14.6 Å². The van der Waals surface area contributed by atoms with Crippen LogP contribution in [0.1, 0.15) is 19.0 Å². The minimum atomic E-state index is 0.742. The molecule has 0 saturated heterocycles. The molecule has 2 rings (SSSR count). The molecule has 0 fully saturated rings. The summed E-state index contributed by atoms with van der Waals surface area (Å²) in [6, 6.07) is 10.8. The number of aromatic nitrogens is 1. The molecule has 20 heavy (non-hydrogen) atoms. The number of aryl methyl sites for hydroxylation is 1. The van der Waals surface area contributed by atoms with Crippen molar-refractivity contribution in [3.63, 3.8) is 0 Å². The SMILES string of the molecule is C=C(C)CCn1c(CNCCOC)cc2ccccc21. The molecule has 0 unspecified atom stereocenters. The van der Waals surface area contributed by atoms with Crippen LogP contribution in [0, 0.1) is 0 Å². The molecule has 3 heteroatoms. The van der Waals surface area contributed by atoms with Gasteiger partial charge in [0, 0.05) is 38.0 Å². The van der Waals surface area contributed by atoms with Gasteiger partial charge in [0.15, 0.2) is 0 Å². The lowest BCUT2D eigenvalue weighted by atomic mass is 10.2. The molecule has 2 aromatic rings. The third kappa shape index (κ3) is 3.71. The lowest BCUT2D eigenvalue weighted by molar-refractivity contribution is 0.199. The zero-order valence-electron chi connectivity index (χ0n) is 12.5. The molecule has 108 valence electrons. The minimum absolute atomic E-state index is 0.742. The molecule has 0 saturated carbocycles. The van der Waals surface area contributed by atoms with E-state index in [9.17, 15) is 0 Å². The number of benzene rings is 1. The highest BCUT2D eigenvalue weighted by molar-refractivity contribution is 5.81. The summed E-state index contributed by atoms with van der Waals surface area (Å²) < 4.78 is 7.46. The molecule has 0 aliphatic carbocycles. The van der Waals surface area contributed by atoms with Crippen LogP contribution < -0.4 is 5.32 Å². The summed E-state index contributed by atoms with van der Waals surface area (Å²) in [7, 11) is 1.73. The summed E-state index contributed by atoms with van der Waals surface area (Å²) in [5.41, 5.74) is 3.85. The molecule has 1 heterocycles. The smallest absolute Gasteiger partial charge is 0.0587 e. The normalized spacial score (nSPS) is 11.1. The van der Waals surface area contributed by atoms with E-state index in [2.05, 4.69) is 53.7 Å². The van der Waals surface area contributed by atoms with E-state index in [1.165, 1.54) is 22.2 Å². The van der Waals surface area contributed by atoms with Gasteiger partial charge in [-0.25, -0.2) is 0 Å². The number of fused-ring (bicyclic) bond motifs is 1. The van der Waals surface area contributed by atoms with Crippen LogP contribution in [0.25, 0.3) is 10.9 Å². The molecule has 1 N–H and O–H groups in total. The lowest BCUT2D eigenvalue weighted by Gasteiger charge is -2.11. The fourth-order valence-electron chi connectivity index (χ4n) is 2.37. The molecule has 3 nitrogen and oxygen atoms in total. The quantitative estimate of drug-likeness (QED) is 0.589. The number of nitrogens with zero attached hydrogens (tertiary/aromatic N) is 1. The van der Waals surface area contributed by atoms with Crippen LogP contribution in [-0.2, 0) is 17.8 Å². The van der Waals surface area contributed by atoms with Gasteiger partial charge in [0.25, 0.3) is 0 Å². The Morgan fingerprint density at radius 3 is 2.90 bits per heavy atom. The zero-order valence-corrected chi connectivity index (χ0v) is 12.5. The predicted molar refractivity (Wildman–Crippen MR) is 85.0 cm³/mol. The van der Waals surface area contributed by atoms with Crippen molar-refractivity contribution in [1.29, 1.82) is 0 Å². The topological polar surface area (TPSA) is 26.2 Å². The van der Waals surface area contributed by atoms with Crippen molar-refractivity contribution < 1.29 is 4.74 Å². The summed E-state index contributed by atoms with van der Waals surface area (Å²) in [5, 5.41) is 4.73. The molecule has 0 aliphatic heterocycles. The van der Waals surface area contributed by atoms with Crippen LogP contribution in [0.5, 0.6) is 0 Å². The van der Waals surface area contributed by atoms with Gasteiger partial charge in [-0.05, 0) is 30.9 Å². The van der Waals surface area contributed by atoms with E-state index in [4.69, 9.17) is 4.74 Å². The van der Waals surface area contributed by atoms with Crippen molar-refractivity contribution >= 4 is 10.9 Å². The van der Waals surface area contributed by atoms with E-state index in [0.717, 1.165) is 32.7 Å². The first kappa shape index (κ1) is 14.8. The fraction of sp³-hybridized carbons (Fsp3) is 0.412. The van der Waals surface area contributed by atoms with Gasteiger partial charge in [0.1, 0.15) is 0 Å². The van der Waals surface area contributed by atoms with E-state index in [1.807, 2.05) is 0 Å². The van der Waals surface area contributed by atoms with Crippen molar-refractivity contribution in [3.8, 4) is 0 Å². The zero-order chi connectivity index (χ0) is 14.4. The second-order valence-corrected chi connectivity index (χ2v) is 5.22. The minimum Gasteiger partial charge on any atom is -0.383 e. The van der Waals surface area contributed by atoms with Gasteiger partial charge in [0.05, 0.1) is 6.61 Å². The van der Waals surface area contributed by atoms with E-state index < -0.39 is 0 Å². The first-order valence-corrected chi connectivity index (χ1v) is 7.13. The molecule has 0 spiro atoms. The largest absolute Gasteiger partial charge is 0.383 e. The molecule has 0 atom stereocenters. The Hall–Kier alpha value is -1.58. The van der Waals surface area contributed by atoms with Crippen LogP contribution in [-0.4, -0.2) is 24.8 Å². The second-order valence-electron chi connectivity index (χ2n) is 5.22. The molecule has 0 bridgehead atoms. The Kier molecular flexibility index (Phi) is 5.39. The van der Waals surface area contributed by atoms with Crippen LogP contribution in [0.4, 0.5) is 0 Å². The molecule has 1 aromatic heterocycles. The van der Waals surface area contributed by atoms with Crippen molar-refractivity contribution in [1.82, 2.24) is 9.88 Å². The summed E-state index contributed by atoms with van der Waals surface area (Å²) in [6.07, 6.45) is 1.02. The number of allylic oxidation sites excluding steroid dienone is 1. The van der Waals surface area contributed by atoms with Gasteiger partial charge in [-0.2, -0.15) is 0 Å². The molecule has 0 aliphatic rings. The van der Waals surface area contributed by atoms with Crippen molar-refractivity contribution in [2.24, 2.45) is 0 Å². The number of para-hydroxylation sites is 1. The highest BCUT2D eigenvalue weighted by Crippen LogP contribution is 2.20. The van der Waals surface area contributed by atoms with Gasteiger partial charge >= 0.3 is 0 Å². The third-order valence-electron chi connectivity index (χ3n) is 3.45. The summed E-state index contributed by atoms with van der Waals surface area (Å²) in [6.45, 7) is 9.57. The second kappa shape index (κ2) is 7.27. The first-order chi connectivity index (χ1) is 9.72. The number of hydrogen-bond acceptors (Lipinski definition) is 2. The van der Waals surface area contributed by atoms with E-state index in [1.54, 1.807) is 7.11 Å². The van der Waals surface area contributed by atoms with Crippen LogP contribution in [0.15, 0.2) is 42.5 Å². The standard InChI is InChI=1S/C17H24N2O/c1-14(2)8-10-19-16(13-18-9-11-20-3)12-15-6-4-5-7-17(15)19/h4-7,12,18H,1,8-11,13H2,2-3H3. The van der Waals surface area contributed by atoms with Gasteiger partial charge in [-0.3, -0.25) is 0 Å². The molecule has 1 aromatic carbocycles. The third-order valence-corrected chi connectivity index (χ3v) is 3.45. The number of ether oxygens (including phenoxy) is 1. The fourth-order valence-corrected chi connectivity index (χ4v) is 2.37. The Balaban J connectivity index is 2.17. The molecule has 0 radical (unpaired) electrons. The van der Waals surface area contributed by atoms with Crippen LogP contribution in [0.2, 0.25) is 0 Å². The summed E-state index contributed by atoms with van der Waals surface area (Å²) in [4.78, 5) is 0. The van der Waals surface area contributed by atoms with E-state index >= 15 is 0 Å². The average Bonchev–Trinajstić information content (AvgIpc) is 2.79. The Morgan fingerprint density at radius 2 is 2.15 bits per heavy atom. The summed E-state index contributed by atoms with van der Waals surface area (Å²) in [5.74, 6) is 0. The Morgan fingerprint density at radius 1 is 1.35 bits per heavy atom. The molecule has 0 amide bonds. The van der Waals surface area contributed by atoms with Crippen LogP contribution in [0.3, 0.4) is 0 Å². The maximum Gasteiger partial charge on any atom is 0.0587 e. The van der Waals surface area contributed by atoms with Crippen molar-refractivity contribution in [3.05, 3.63) is 48.2 Å². The van der Waals surface area contributed by atoms with Gasteiger partial charge in [-0.15, -0.1) is 6.58 Å². The number of rotatable bonds is 8. The number of nitrogens with one attached hydrogen (secondary N) is 1. The van der Waals surface area contributed by atoms with E-state index in [0.29, 0.717) is 0 Å². The molecular weight excluding hydrogens is 248 g/mol.